The molecule has 2 aromatic carbocycles. The molecule has 0 unspecified atom stereocenters. The van der Waals surface area contributed by atoms with E-state index in [0.29, 0.717) is 5.57 Å². The highest BCUT2D eigenvalue weighted by Crippen LogP contribution is 2.19. The van der Waals surface area contributed by atoms with Gasteiger partial charge >= 0.3 is 0 Å². The first kappa shape index (κ1) is 11.5. The van der Waals surface area contributed by atoms with E-state index in [4.69, 9.17) is 0 Å². The van der Waals surface area contributed by atoms with Crippen molar-refractivity contribution in [2.45, 2.75) is 0 Å². The smallest absolute Gasteiger partial charge is 0.150 e. The number of allylic oxidation sites excluding steroid dienone is 1. The van der Waals surface area contributed by atoms with E-state index in [1.807, 2.05) is 66.7 Å². The summed E-state index contributed by atoms with van der Waals surface area (Å²) in [5.74, 6) is 0. The number of carbonyl (C=O) groups is 1. The third-order valence-corrected chi connectivity index (χ3v) is 3.10. The van der Waals surface area contributed by atoms with Crippen molar-refractivity contribution in [1.29, 1.82) is 0 Å². The minimum atomic E-state index is 0.673. The molecule has 92 valence electrons. The van der Waals surface area contributed by atoms with Crippen LogP contribution in [-0.2, 0) is 4.79 Å². The molecular weight excluding hydrogens is 234 g/mol. The molecule has 0 aliphatic rings. The molecular formula is C17H13NO. The quantitative estimate of drug-likeness (QED) is 0.552. The lowest BCUT2D eigenvalue weighted by atomic mass is 10.1. The lowest BCUT2D eigenvalue weighted by molar-refractivity contribution is -0.103. The average molecular weight is 247 g/mol. The molecule has 0 amide bonds. The topological polar surface area (TPSA) is 32.9 Å². The summed E-state index contributed by atoms with van der Waals surface area (Å²) in [6, 6.07) is 19.8. The van der Waals surface area contributed by atoms with Crippen LogP contribution in [0.2, 0.25) is 0 Å². The molecule has 0 aliphatic heterocycles. The van der Waals surface area contributed by atoms with E-state index >= 15 is 0 Å². The summed E-state index contributed by atoms with van der Waals surface area (Å²) in [4.78, 5) is 14.5. The van der Waals surface area contributed by atoms with E-state index in [-0.39, 0.29) is 0 Å². The Labute approximate surface area is 111 Å². The summed E-state index contributed by atoms with van der Waals surface area (Å²) in [5, 5.41) is 1.15. The average Bonchev–Trinajstić information content (AvgIpc) is 2.88. The Morgan fingerprint density at radius 1 is 0.947 bits per heavy atom. The number of aromatic amines is 1. The molecule has 0 saturated carbocycles. The lowest BCUT2D eigenvalue weighted by Gasteiger charge is -1.98. The molecule has 0 fully saturated rings. The summed E-state index contributed by atoms with van der Waals surface area (Å²) < 4.78 is 0. The second-order valence-electron chi connectivity index (χ2n) is 4.40. The first-order valence-electron chi connectivity index (χ1n) is 6.17. The highest BCUT2D eigenvalue weighted by molar-refractivity contribution is 6.13. The lowest BCUT2D eigenvalue weighted by Crippen LogP contribution is -1.85. The Bertz CT molecular complexity index is 705. The molecule has 0 radical (unpaired) electrons. The Morgan fingerprint density at radius 3 is 2.42 bits per heavy atom. The van der Waals surface area contributed by atoms with Crippen molar-refractivity contribution in [2.75, 3.05) is 0 Å². The Hall–Kier alpha value is -2.61. The summed E-state index contributed by atoms with van der Waals surface area (Å²) >= 11 is 0. The zero-order chi connectivity index (χ0) is 13.1. The van der Waals surface area contributed by atoms with Crippen molar-refractivity contribution >= 4 is 28.8 Å². The fourth-order valence-corrected chi connectivity index (χ4v) is 2.16. The number of hydrogen-bond acceptors (Lipinski definition) is 1. The van der Waals surface area contributed by atoms with Crippen LogP contribution in [0.1, 0.15) is 11.3 Å². The maximum absolute atomic E-state index is 11.2. The highest BCUT2D eigenvalue weighted by Gasteiger charge is 2.02. The van der Waals surface area contributed by atoms with E-state index in [2.05, 4.69) is 4.98 Å². The summed E-state index contributed by atoms with van der Waals surface area (Å²) in [6.45, 7) is 0. The van der Waals surface area contributed by atoms with Gasteiger partial charge in [0.15, 0.2) is 6.29 Å². The standard InChI is InChI=1S/C17H13NO/c19-12-15(13-6-2-1-3-7-13)11-16-10-14-8-4-5-9-17(14)18-16/h1-12,18H/b15-11+. The number of aromatic nitrogens is 1. The number of para-hydroxylation sites is 1. The predicted octanol–water partition coefficient (Wildman–Crippen LogP) is 3.91. The first-order valence-corrected chi connectivity index (χ1v) is 6.17. The van der Waals surface area contributed by atoms with Gasteiger partial charge in [-0.2, -0.15) is 0 Å². The van der Waals surface area contributed by atoms with Crippen LogP contribution >= 0.6 is 0 Å². The van der Waals surface area contributed by atoms with Crippen LogP contribution < -0.4 is 0 Å². The zero-order valence-corrected chi connectivity index (χ0v) is 10.3. The van der Waals surface area contributed by atoms with Crippen molar-refractivity contribution in [3.05, 3.63) is 71.9 Å². The van der Waals surface area contributed by atoms with Crippen LogP contribution in [0.15, 0.2) is 60.7 Å². The molecule has 0 atom stereocenters. The maximum Gasteiger partial charge on any atom is 0.150 e. The third kappa shape index (κ3) is 2.33. The van der Waals surface area contributed by atoms with Crippen molar-refractivity contribution in [3.8, 4) is 0 Å². The molecule has 0 bridgehead atoms. The number of benzene rings is 2. The van der Waals surface area contributed by atoms with E-state index < -0.39 is 0 Å². The molecule has 3 rings (SSSR count). The molecule has 2 heteroatoms. The minimum absolute atomic E-state index is 0.673. The fourth-order valence-electron chi connectivity index (χ4n) is 2.16. The van der Waals surface area contributed by atoms with Gasteiger partial charge in [-0.05, 0) is 29.2 Å². The molecule has 0 aliphatic carbocycles. The Kier molecular flexibility index (Phi) is 2.99. The second kappa shape index (κ2) is 4.94. The number of fused-ring (bicyclic) bond motifs is 1. The number of H-pyrrole nitrogens is 1. The van der Waals surface area contributed by atoms with Gasteiger partial charge < -0.3 is 4.98 Å². The first-order chi connectivity index (χ1) is 9.36. The van der Waals surface area contributed by atoms with Crippen LogP contribution in [0.3, 0.4) is 0 Å². The van der Waals surface area contributed by atoms with Gasteiger partial charge in [0.05, 0.1) is 0 Å². The fraction of sp³-hybridized carbons (Fsp3) is 0. The van der Waals surface area contributed by atoms with E-state index in [1.165, 1.54) is 0 Å². The molecule has 1 N–H and O–H groups in total. The highest BCUT2D eigenvalue weighted by atomic mass is 16.1. The summed E-state index contributed by atoms with van der Waals surface area (Å²) in [7, 11) is 0. The van der Waals surface area contributed by atoms with Gasteiger partial charge in [0.2, 0.25) is 0 Å². The van der Waals surface area contributed by atoms with Gasteiger partial charge in [-0.25, -0.2) is 0 Å². The number of carbonyl (C=O) groups excluding carboxylic acids is 1. The molecule has 1 heterocycles. The van der Waals surface area contributed by atoms with E-state index in [0.717, 1.165) is 28.4 Å². The number of rotatable bonds is 3. The van der Waals surface area contributed by atoms with E-state index in [9.17, 15) is 4.79 Å². The van der Waals surface area contributed by atoms with Crippen LogP contribution in [0.5, 0.6) is 0 Å². The normalized spacial score (nSPS) is 11.7. The van der Waals surface area contributed by atoms with Gasteiger partial charge in [-0.1, -0.05) is 48.5 Å². The zero-order valence-electron chi connectivity index (χ0n) is 10.3. The largest absolute Gasteiger partial charge is 0.355 e. The summed E-state index contributed by atoms with van der Waals surface area (Å²) in [6.07, 6.45) is 2.77. The monoisotopic (exact) mass is 247 g/mol. The van der Waals surface area contributed by atoms with Crippen molar-refractivity contribution in [3.63, 3.8) is 0 Å². The SMILES string of the molecule is O=C/C(=C\c1cc2ccccc2[nH]1)c1ccccc1. The number of nitrogens with one attached hydrogen (secondary N) is 1. The van der Waals surface area contributed by atoms with Crippen LogP contribution in [0.25, 0.3) is 22.6 Å². The van der Waals surface area contributed by atoms with Gasteiger partial charge in [0.25, 0.3) is 0 Å². The maximum atomic E-state index is 11.2. The molecule has 0 spiro atoms. The van der Waals surface area contributed by atoms with Crippen molar-refractivity contribution < 1.29 is 4.79 Å². The molecule has 1 aromatic heterocycles. The molecule has 2 nitrogen and oxygen atoms in total. The predicted molar refractivity (Wildman–Crippen MR) is 78.7 cm³/mol. The van der Waals surface area contributed by atoms with Gasteiger partial charge in [0.1, 0.15) is 0 Å². The molecule has 0 saturated heterocycles. The van der Waals surface area contributed by atoms with Crippen molar-refractivity contribution in [2.24, 2.45) is 0 Å². The minimum Gasteiger partial charge on any atom is -0.355 e. The molecule has 3 aromatic rings. The van der Waals surface area contributed by atoms with Crippen LogP contribution in [0.4, 0.5) is 0 Å². The Morgan fingerprint density at radius 2 is 1.68 bits per heavy atom. The second-order valence-corrected chi connectivity index (χ2v) is 4.40. The van der Waals surface area contributed by atoms with Gasteiger partial charge in [-0.3, -0.25) is 4.79 Å². The Balaban J connectivity index is 2.05. The summed E-state index contributed by atoms with van der Waals surface area (Å²) in [5.41, 5.74) is 3.61. The number of aldehydes is 1. The number of hydrogen-bond donors (Lipinski definition) is 1. The van der Waals surface area contributed by atoms with Gasteiger partial charge in [0, 0.05) is 16.8 Å². The van der Waals surface area contributed by atoms with E-state index in [1.54, 1.807) is 0 Å². The van der Waals surface area contributed by atoms with Crippen molar-refractivity contribution in [1.82, 2.24) is 4.98 Å². The molecule has 19 heavy (non-hydrogen) atoms. The van der Waals surface area contributed by atoms with Crippen LogP contribution in [-0.4, -0.2) is 11.3 Å². The third-order valence-electron chi connectivity index (χ3n) is 3.10. The van der Waals surface area contributed by atoms with Gasteiger partial charge in [-0.15, -0.1) is 0 Å². The van der Waals surface area contributed by atoms with Crippen LogP contribution in [0, 0.1) is 0 Å².